The summed E-state index contributed by atoms with van der Waals surface area (Å²) in [7, 11) is 0. The van der Waals surface area contributed by atoms with Crippen LogP contribution in [0.25, 0.3) is 0 Å². The molecule has 1 aromatic rings. The van der Waals surface area contributed by atoms with Crippen LogP contribution in [0.3, 0.4) is 0 Å². The second-order valence-electron chi connectivity index (χ2n) is 7.55. The molecule has 4 nitrogen and oxygen atoms in total. The summed E-state index contributed by atoms with van der Waals surface area (Å²) in [4.78, 5) is 14.8. The Morgan fingerprint density at radius 1 is 1.12 bits per heavy atom. The summed E-state index contributed by atoms with van der Waals surface area (Å²) in [5, 5.41) is 10.3. The van der Waals surface area contributed by atoms with Gasteiger partial charge in [0.25, 0.3) is 5.91 Å². The molecular formula is C20H27NO3. The summed E-state index contributed by atoms with van der Waals surface area (Å²) in [6.07, 6.45) is 7.58. The maximum Gasteiger partial charge on any atom is 0.253 e. The highest BCUT2D eigenvalue weighted by Crippen LogP contribution is 2.35. The zero-order valence-corrected chi connectivity index (χ0v) is 14.3. The third kappa shape index (κ3) is 2.86. The molecule has 2 heterocycles. The molecule has 4 heteroatoms. The number of hydrogen-bond donors (Lipinski definition) is 1. The van der Waals surface area contributed by atoms with Gasteiger partial charge in [-0.05, 0) is 74.6 Å². The van der Waals surface area contributed by atoms with Gasteiger partial charge in [0.05, 0.1) is 11.7 Å². The van der Waals surface area contributed by atoms with Gasteiger partial charge < -0.3 is 14.7 Å². The molecule has 0 bridgehead atoms. The molecule has 2 saturated heterocycles. The van der Waals surface area contributed by atoms with Crippen molar-refractivity contribution in [2.45, 2.75) is 63.1 Å². The van der Waals surface area contributed by atoms with E-state index in [1.807, 2.05) is 11.0 Å². The fourth-order valence-corrected chi connectivity index (χ4v) is 4.53. The molecule has 0 aromatic heterocycles. The number of carbonyl (C=O) groups excluding carboxylic acids is 1. The Labute approximate surface area is 143 Å². The van der Waals surface area contributed by atoms with Crippen LogP contribution in [0.5, 0.6) is 0 Å². The molecule has 0 saturated carbocycles. The topological polar surface area (TPSA) is 49.8 Å². The van der Waals surface area contributed by atoms with Crippen LogP contribution in [-0.2, 0) is 17.6 Å². The highest BCUT2D eigenvalue weighted by atomic mass is 16.5. The maximum atomic E-state index is 12.9. The largest absolute Gasteiger partial charge is 0.390 e. The Bertz CT molecular complexity index is 619. The predicted octanol–water partition coefficient (Wildman–Crippen LogP) is 2.71. The summed E-state index contributed by atoms with van der Waals surface area (Å²) in [5.74, 6) is 0.128. The van der Waals surface area contributed by atoms with Crippen molar-refractivity contribution in [1.82, 2.24) is 4.90 Å². The van der Waals surface area contributed by atoms with Gasteiger partial charge in [0.1, 0.15) is 0 Å². The van der Waals surface area contributed by atoms with Crippen molar-refractivity contribution in [2.75, 3.05) is 19.7 Å². The van der Waals surface area contributed by atoms with E-state index in [0.29, 0.717) is 13.1 Å². The summed E-state index contributed by atoms with van der Waals surface area (Å²) >= 11 is 0. The molecule has 0 unspecified atom stereocenters. The van der Waals surface area contributed by atoms with Gasteiger partial charge in [-0.15, -0.1) is 0 Å². The number of carbonyl (C=O) groups is 1. The average molecular weight is 329 g/mol. The first kappa shape index (κ1) is 16.1. The first-order valence-corrected chi connectivity index (χ1v) is 9.41. The molecule has 24 heavy (non-hydrogen) atoms. The van der Waals surface area contributed by atoms with Gasteiger partial charge in [-0.25, -0.2) is 0 Å². The smallest absolute Gasteiger partial charge is 0.253 e. The first-order valence-electron chi connectivity index (χ1n) is 9.41. The summed E-state index contributed by atoms with van der Waals surface area (Å²) < 4.78 is 5.94. The number of nitrogens with zero attached hydrogens (tertiary/aromatic N) is 1. The van der Waals surface area contributed by atoms with Gasteiger partial charge >= 0.3 is 0 Å². The highest BCUT2D eigenvalue weighted by molar-refractivity contribution is 5.94. The van der Waals surface area contributed by atoms with E-state index < -0.39 is 5.60 Å². The van der Waals surface area contributed by atoms with Crippen LogP contribution in [-0.4, -0.2) is 47.3 Å². The number of aryl methyl sites for hydroxylation is 2. The first-order chi connectivity index (χ1) is 11.7. The monoisotopic (exact) mass is 329 g/mol. The van der Waals surface area contributed by atoms with Crippen molar-refractivity contribution in [2.24, 2.45) is 0 Å². The molecule has 2 aliphatic heterocycles. The Morgan fingerprint density at radius 2 is 1.88 bits per heavy atom. The van der Waals surface area contributed by atoms with Crippen LogP contribution in [0.1, 0.15) is 60.0 Å². The standard InChI is InChI=1S/C20H27NO3/c22-18-6-3-13-24-20(18)9-11-21(12-10-20)19(23)17-8-7-15-4-1-2-5-16(15)14-17/h7-8,14,18,22H,1-6,9-13H2/t18-/m0/s1. The van der Waals surface area contributed by atoms with Gasteiger partial charge in [0.15, 0.2) is 0 Å². The quantitative estimate of drug-likeness (QED) is 0.862. The van der Waals surface area contributed by atoms with Gasteiger partial charge in [0.2, 0.25) is 0 Å². The fraction of sp³-hybridized carbons (Fsp3) is 0.650. The zero-order chi connectivity index (χ0) is 16.6. The molecule has 1 aliphatic carbocycles. The SMILES string of the molecule is O=C(c1ccc2c(c1)CCCC2)N1CCC2(CC1)OCCC[C@@H]2O. The van der Waals surface area contributed by atoms with Crippen LogP contribution in [0.15, 0.2) is 18.2 Å². The minimum atomic E-state index is -0.412. The van der Waals surface area contributed by atoms with E-state index in [4.69, 9.17) is 4.74 Å². The van der Waals surface area contributed by atoms with E-state index in [2.05, 4.69) is 12.1 Å². The number of piperidine rings is 1. The number of benzene rings is 1. The van der Waals surface area contributed by atoms with Gasteiger partial charge in [-0.1, -0.05) is 6.07 Å². The number of aliphatic hydroxyl groups excluding tert-OH is 1. The molecule has 1 aromatic carbocycles. The third-order valence-corrected chi connectivity index (χ3v) is 6.11. The van der Waals surface area contributed by atoms with Crippen molar-refractivity contribution in [3.63, 3.8) is 0 Å². The van der Waals surface area contributed by atoms with Crippen molar-refractivity contribution in [3.8, 4) is 0 Å². The number of ether oxygens (including phenoxy) is 1. The number of fused-ring (bicyclic) bond motifs is 1. The van der Waals surface area contributed by atoms with Gasteiger partial charge in [0, 0.05) is 25.3 Å². The zero-order valence-electron chi connectivity index (χ0n) is 14.3. The van der Waals surface area contributed by atoms with E-state index in [1.54, 1.807) is 0 Å². The summed E-state index contributed by atoms with van der Waals surface area (Å²) in [5.41, 5.74) is 3.17. The Morgan fingerprint density at radius 3 is 2.62 bits per heavy atom. The second kappa shape index (κ2) is 6.49. The number of hydrogen-bond acceptors (Lipinski definition) is 3. The van der Waals surface area contributed by atoms with Crippen molar-refractivity contribution >= 4 is 5.91 Å². The molecule has 2 fully saturated rings. The lowest BCUT2D eigenvalue weighted by Gasteiger charge is -2.46. The van der Waals surface area contributed by atoms with Crippen LogP contribution in [0.4, 0.5) is 0 Å². The Balaban J connectivity index is 1.45. The predicted molar refractivity (Wildman–Crippen MR) is 92.1 cm³/mol. The van der Waals surface area contributed by atoms with Crippen LogP contribution < -0.4 is 0 Å². The molecule has 1 amide bonds. The molecule has 1 spiro atoms. The summed E-state index contributed by atoms with van der Waals surface area (Å²) in [6, 6.07) is 6.23. The maximum absolute atomic E-state index is 12.9. The van der Waals surface area contributed by atoms with E-state index in [1.165, 1.54) is 24.0 Å². The van der Waals surface area contributed by atoms with E-state index in [0.717, 1.165) is 50.7 Å². The Hall–Kier alpha value is -1.39. The van der Waals surface area contributed by atoms with Crippen LogP contribution >= 0.6 is 0 Å². The number of aliphatic hydroxyl groups is 1. The normalized spacial score (nSPS) is 26.2. The minimum absolute atomic E-state index is 0.128. The van der Waals surface area contributed by atoms with E-state index in [-0.39, 0.29) is 12.0 Å². The van der Waals surface area contributed by atoms with Crippen molar-refractivity contribution < 1.29 is 14.6 Å². The summed E-state index contributed by atoms with van der Waals surface area (Å²) in [6.45, 7) is 2.08. The van der Waals surface area contributed by atoms with E-state index in [9.17, 15) is 9.90 Å². The van der Waals surface area contributed by atoms with Gasteiger partial charge in [-0.2, -0.15) is 0 Å². The molecule has 1 N–H and O–H groups in total. The van der Waals surface area contributed by atoms with E-state index >= 15 is 0 Å². The van der Waals surface area contributed by atoms with Crippen LogP contribution in [0, 0.1) is 0 Å². The van der Waals surface area contributed by atoms with Crippen molar-refractivity contribution in [1.29, 1.82) is 0 Å². The van der Waals surface area contributed by atoms with Crippen LogP contribution in [0.2, 0.25) is 0 Å². The average Bonchev–Trinajstić information content (AvgIpc) is 2.64. The molecule has 1 atom stereocenters. The molecule has 4 rings (SSSR count). The molecule has 130 valence electrons. The van der Waals surface area contributed by atoms with Crippen molar-refractivity contribution in [3.05, 3.63) is 34.9 Å². The molecular weight excluding hydrogens is 302 g/mol. The van der Waals surface area contributed by atoms with Gasteiger partial charge in [-0.3, -0.25) is 4.79 Å². The number of rotatable bonds is 1. The third-order valence-electron chi connectivity index (χ3n) is 6.11. The minimum Gasteiger partial charge on any atom is -0.390 e. The fourth-order valence-electron chi connectivity index (χ4n) is 4.53. The Kier molecular flexibility index (Phi) is 4.35. The lowest BCUT2D eigenvalue weighted by molar-refractivity contribution is -0.174. The molecule has 3 aliphatic rings. The second-order valence-corrected chi connectivity index (χ2v) is 7.55. The number of likely N-dealkylation sites (tertiary alicyclic amines) is 1. The highest BCUT2D eigenvalue weighted by Gasteiger charge is 2.44. The lowest BCUT2D eigenvalue weighted by Crippen LogP contribution is -2.56. The molecule has 0 radical (unpaired) electrons. The lowest BCUT2D eigenvalue weighted by atomic mass is 9.82. The number of amides is 1.